The lowest BCUT2D eigenvalue weighted by Crippen LogP contribution is -2.16. The summed E-state index contributed by atoms with van der Waals surface area (Å²) >= 11 is 0. The van der Waals surface area contributed by atoms with Crippen molar-refractivity contribution >= 4 is 5.97 Å². The molecule has 0 aliphatic carbocycles. The average Bonchev–Trinajstić information content (AvgIpc) is 3.36. The number of hydrogen-bond donors (Lipinski definition) is 2. The van der Waals surface area contributed by atoms with Gasteiger partial charge in [-0.2, -0.15) is 0 Å². The van der Waals surface area contributed by atoms with Crippen LogP contribution in [0.1, 0.15) is 42.6 Å². The molecular formula is C27H30N2O5. The number of rotatable bonds is 10. The van der Waals surface area contributed by atoms with Crippen LogP contribution in [-0.4, -0.2) is 35.4 Å². The van der Waals surface area contributed by atoms with Gasteiger partial charge < -0.3 is 25.1 Å². The van der Waals surface area contributed by atoms with Crippen LogP contribution in [0.5, 0.6) is 11.5 Å². The van der Waals surface area contributed by atoms with Gasteiger partial charge in [0.2, 0.25) is 0 Å². The van der Waals surface area contributed by atoms with Crippen molar-refractivity contribution < 1.29 is 24.1 Å². The number of carbonyl (C=O) groups is 1. The number of hydrogen-bond acceptors (Lipinski definition) is 6. The maximum absolute atomic E-state index is 11.2. The summed E-state index contributed by atoms with van der Waals surface area (Å²) < 4.78 is 17.8. The number of aromatic nitrogens is 1. The number of nitrogens with two attached hydrogens (primary N) is 1. The molecule has 2 heterocycles. The van der Waals surface area contributed by atoms with E-state index in [2.05, 4.69) is 0 Å². The monoisotopic (exact) mass is 462 g/mol. The van der Waals surface area contributed by atoms with Crippen molar-refractivity contribution in [2.45, 2.75) is 44.9 Å². The molecule has 7 nitrogen and oxygen atoms in total. The van der Waals surface area contributed by atoms with E-state index in [1.54, 1.807) is 18.2 Å². The van der Waals surface area contributed by atoms with Crippen molar-refractivity contribution in [2.24, 2.45) is 5.73 Å². The number of carboxylic acids is 1. The quantitative estimate of drug-likeness (QED) is 0.456. The second-order valence-electron chi connectivity index (χ2n) is 8.51. The molecule has 7 heteroatoms. The van der Waals surface area contributed by atoms with Gasteiger partial charge in [-0.05, 0) is 61.7 Å². The largest absolute Gasteiger partial charge is 0.491 e. The summed E-state index contributed by atoms with van der Waals surface area (Å²) in [5, 5.41) is 9.19. The second kappa shape index (κ2) is 11.1. The Balaban J connectivity index is 1.59. The van der Waals surface area contributed by atoms with Gasteiger partial charge >= 0.3 is 5.97 Å². The number of benzene rings is 2. The molecular weight excluding hydrogens is 432 g/mol. The summed E-state index contributed by atoms with van der Waals surface area (Å²) in [7, 11) is 0. The molecule has 2 atom stereocenters. The molecule has 1 fully saturated rings. The van der Waals surface area contributed by atoms with Crippen LogP contribution in [0.2, 0.25) is 0 Å². The summed E-state index contributed by atoms with van der Waals surface area (Å²) in [6, 6.07) is 18.7. The lowest BCUT2D eigenvalue weighted by molar-refractivity contribution is -0.136. The number of para-hydroxylation sites is 1. The molecule has 178 valence electrons. The van der Waals surface area contributed by atoms with E-state index in [1.807, 2.05) is 49.4 Å². The van der Waals surface area contributed by atoms with Gasteiger partial charge in [-0.1, -0.05) is 24.3 Å². The normalized spacial score (nSPS) is 16.2. The van der Waals surface area contributed by atoms with Crippen LogP contribution in [0.15, 0.2) is 60.7 Å². The number of pyridine rings is 1. The molecule has 3 aromatic rings. The Morgan fingerprint density at radius 2 is 2.03 bits per heavy atom. The van der Waals surface area contributed by atoms with Gasteiger partial charge in [-0.3, -0.25) is 9.78 Å². The fraction of sp³-hybridized carbons (Fsp3) is 0.333. The summed E-state index contributed by atoms with van der Waals surface area (Å²) in [5.41, 5.74) is 10.1. The Labute approximate surface area is 199 Å². The highest BCUT2D eigenvalue weighted by Crippen LogP contribution is 2.28. The lowest BCUT2D eigenvalue weighted by atomic mass is 10.1. The first-order chi connectivity index (χ1) is 16.5. The third kappa shape index (κ3) is 6.34. The Morgan fingerprint density at radius 1 is 1.18 bits per heavy atom. The standard InChI is InChI=1S/C27H30N2O5/c1-18(28)24-8-4-9-25(29-24)21-12-19(13-23(14-21)33-17-22-7-5-11-32-22)16-34-26-10-3-2-6-20(26)15-27(30)31/h2-4,6,8-10,12-14,18,22H,5,7,11,15-17,28H2,1H3,(H,30,31)/t18-,22?/m1/s1. The van der Waals surface area contributed by atoms with Crippen molar-refractivity contribution in [1.82, 2.24) is 4.98 Å². The van der Waals surface area contributed by atoms with Crippen LogP contribution in [0.25, 0.3) is 11.3 Å². The Morgan fingerprint density at radius 3 is 2.79 bits per heavy atom. The summed E-state index contributed by atoms with van der Waals surface area (Å²) in [6.45, 7) is 3.42. The van der Waals surface area contributed by atoms with E-state index >= 15 is 0 Å². The van der Waals surface area contributed by atoms with Crippen molar-refractivity contribution in [1.29, 1.82) is 0 Å². The molecule has 0 bridgehead atoms. The molecule has 3 N–H and O–H groups in total. The molecule has 0 saturated carbocycles. The highest BCUT2D eigenvalue weighted by atomic mass is 16.5. The predicted molar refractivity (Wildman–Crippen MR) is 129 cm³/mol. The minimum Gasteiger partial charge on any atom is -0.491 e. The van der Waals surface area contributed by atoms with Crippen molar-refractivity contribution in [3.05, 3.63) is 77.5 Å². The highest BCUT2D eigenvalue weighted by molar-refractivity contribution is 5.71. The molecule has 1 aromatic heterocycles. The number of carboxylic acid groups (broad SMARTS) is 1. The molecule has 1 aliphatic rings. The zero-order valence-electron chi connectivity index (χ0n) is 19.3. The number of aliphatic carboxylic acids is 1. The van der Waals surface area contributed by atoms with Crippen molar-refractivity contribution in [3.8, 4) is 22.8 Å². The van der Waals surface area contributed by atoms with Gasteiger partial charge in [0, 0.05) is 23.8 Å². The van der Waals surface area contributed by atoms with Gasteiger partial charge in [-0.15, -0.1) is 0 Å². The van der Waals surface area contributed by atoms with Crippen LogP contribution in [0.4, 0.5) is 0 Å². The lowest BCUT2D eigenvalue weighted by Gasteiger charge is -2.16. The second-order valence-corrected chi connectivity index (χ2v) is 8.51. The zero-order chi connectivity index (χ0) is 23.9. The van der Waals surface area contributed by atoms with E-state index in [-0.39, 0.29) is 25.2 Å². The van der Waals surface area contributed by atoms with Crippen LogP contribution < -0.4 is 15.2 Å². The van der Waals surface area contributed by atoms with Crippen LogP contribution >= 0.6 is 0 Å². The number of ether oxygens (including phenoxy) is 3. The molecule has 1 saturated heterocycles. The molecule has 0 amide bonds. The Bertz CT molecular complexity index is 1130. The molecule has 1 unspecified atom stereocenters. The van der Waals surface area contributed by atoms with E-state index in [0.29, 0.717) is 23.7 Å². The van der Waals surface area contributed by atoms with Crippen LogP contribution in [0, 0.1) is 0 Å². The minimum absolute atomic E-state index is 0.0973. The smallest absolute Gasteiger partial charge is 0.307 e. The van der Waals surface area contributed by atoms with Gasteiger partial charge in [-0.25, -0.2) is 0 Å². The van der Waals surface area contributed by atoms with Gasteiger partial charge in [0.05, 0.1) is 23.9 Å². The third-order valence-corrected chi connectivity index (χ3v) is 5.67. The van der Waals surface area contributed by atoms with Crippen LogP contribution in [-0.2, 0) is 22.6 Å². The third-order valence-electron chi connectivity index (χ3n) is 5.67. The van der Waals surface area contributed by atoms with Crippen molar-refractivity contribution in [3.63, 3.8) is 0 Å². The van der Waals surface area contributed by atoms with E-state index < -0.39 is 5.97 Å². The topological polar surface area (TPSA) is 104 Å². The average molecular weight is 463 g/mol. The molecule has 0 radical (unpaired) electrons. The minimum atomic E-state index is -0.900. The maximum Gasteiger partial charge on any atom is 0.307 e. The molecule has 4 rings (SSSR count). The maximum atomic E-state index is 11.2. The van der Waals surface area contributed by atoms with Gasteiger partial charge in [0.25, 0.3) is 0 Å². The Kier molecular flexibility index (Phi) is 7.77. The van der Waals surface area contributed by atoms with Crippen molar-refractivity contribution in [2.75, 3.05) is 13.2 Å². The van der Waals surface area contributed by atoms with E-state index in [9.17, 15) is 9.90 Å². The SMILES string of the molecule is C[C@@H](N)c1cccc(-c2cc(COc3ccccc3CC(=O)O)cc(OCC3CCCO3)c2)n1. The first-order valence-corrected chi connectivity index (χ1v) is 11.5. The van der Waals surface area contributed by atoms with E-state index in [4.69, 9.17) is 24.9 Å². The first kappa shape index (κ1) is 23.7. The van der Waals surface area contributed by atoms with Crippen LogP contribution in [0.3, 0.4) is 0 Å². The molecule has 0 spiro atoms. The molecule has 1 aliphatic heterocycles. The number of nitrogens with zero attached hydrogens (tertiary/aromatic N) is 1. The van der Waals surface area contributed by atoms with Gasteiger partial charge in [0.1, 0.15) is 24.7 Å². The predicted octanol–water partition coefficient (Wildman–Crippen LogP) is 4.53. The molecule has 34 heavy (non-hydrogen) atoms. The summed E-state index contributed by atoms with van der Waals surface area (Å²) in [5.74, 6) is 0.357. The molecule has 2 aromatic carbocycles. The first-order valence-electron chi connectivity index (χ1n) is 11.5. The van der Waals surface area contributed by atoms with E-state index in [0.717, 1.165) is 42.0 Å². The fourth-order valence-electron chi connectivity index (χ4n) is 3.92. The Hall–Kier alpha value is -3.42. The zero-order valence-corrected chi connectivity index (χ0v) is 19.3. The highest BCUT2D eigenvalue weighted by Gasteiger charge is 2.17. The fourth-order valence-corrected chi connectivity index (χ4v) is 3.92. The van der Waals surface area contributed by atoms with Gasteiger partial charge in [0.15, 0.2) is 0 Å². The van der Waals surface area contributed by atoms with E-state index in [1.165, 1.54) is 0 Å². The summed E-state index contributed by atoms with van der Waals surface area (Å²) in [6.07, 6.45) is 2.05. The summed E-state index contributed by atoms with van der Waals surface area (Å²) in [4.78, 5) is 15.9.